The molecule has 2 aromatic carbocycles. The summed E-state index contributed by atoms with van der Waals surface area (Å²) in [5.74, 6) is 0.278. The van der Waals surface area contributed by atoms with Crippen LogP contribution in [-0.4, -0.2) is 35.4 Å². The zero-order valence-electron chi connectivity index (χ0n) is 19.0. The highest BCUT2D eigenvalue weighted by Crippen LogP contribution is 2.20. The molecule has 0 bridgehead atoms. The third-order valence-electron chi connectivity index (χ3n) is 6.12. The van der Waals surface area contributed by atoms with Crippen molar-refractivity contribution in [3.8, 4) is 5.75 Å². The molecule has 0 radical (unpaired) electrons. The Bertz CT molecular complexity index is 894. The van der Waals surface area contributed by atoms with E-state index in [1.807, 2.05) is 38.1 Å². The van der Waals surface area contributed by atoms with Crippen molar-refractivity contribution in [2.45, 2.75) is 71.0 Å². The summed E-state index contributed by atoms with van der Waals surface area (Å²) in [4.78, 5) is 28.2. The monoisotopic (exact) mass is 456 g/mol. The minimum Gasteiger partial charge on any atom is -0.484 e. The molecule has 0 aromatic heterocycles. The molecule has 6 heteroatoms. The van der Waals surface area contributed by atoms with Gasteiger partial charge in [0.15, 0.2) is 6.61 Å². The maximum absolute atomic E-state index is 13.3. The van der Waals surface area contributed by atoms with Gasteiger partial charge in [-0.25, -0.2) is 0 Å². The number of nitrogens with zero attached hydrogens (tertiary/aromatic N) is 1. The predicted molar refractivity (Wildman–Crippen MR) is 128 cm³/mol. The van der Waals surface area contributed by atoms with Crippen LogP contribution >= 0.6 is 11.6 Å². The average molecular weight is 457 g/mol. The van der Waals surface area contributed by atoms with Crippen LogP contribution < -0.4 is 10.1 Å². The number of halogens is 1. The fraction of sp³-hybridized carbons (Fsp3) is 0.462. The van der Waals surface area contributed by atoms with Crippen molar-refractivity contribution in [1.29, 1.82) is 0 Å². The Morgan fingerprint density at radius 1 is 1.09 bits per heavy atom. The fourth-order valence-corrected chi connectivity index (χ4v) is 4.32. The molecular formula is C26H33ClN2O3. The first-order valence-electron chi connectivity index (χ1n) is 11.5. The number of hydrogen-bond acceptors (Lipinski definition) is 3. The lowest BCUT2D eigenvalue weighted by Gasteiger charge is -2.33. The SMILES string of the molecule is CC[C@H](C(=O)NC1CCCCC1)N(Cc1ccccc1C)C(=O)COc1ccc(Cl)cc1. The molecule has 2 aromatic rings. The van der Waals surface area contributed by atoms with Crippen molar-refractivity contribution in [3.63, 3.8) is 0 Å². The minimum atomic E-state index is -0.544. The molecule has 0 saturated heterocycles. The summed E-state index contributed by atoms with van der Waals surface area (Å²) in [7, 11) is 0. The highest BCUT2D eigenvalue weighted by molar-refractivity contribution is 6.30. The molecule has 1 saturated carbocycles. The topological polar surface area (TPSA) is 58.6 Å². The molecule has 172 valence electrons. The second-order valence-corrected chi connectivity index (χ2v) is 8.89. The Labute approximate surface area is 196 Å². The van der Waals surface area contributed by atoms with Gasteiger partial charge < -0.3 is 15.0 Å². The number of carbonyl (C=O) groups excluding carboxylic acids is 2. The van der Waals surface area contributed by atoms with Crippen LogP contribution in [0.15, 0.2) is 48.5 Å². The van der Waals surface area contributed by atoms with Crippen LogP contribution in [0.5, 0.6) is 5.75 Å². The fourth-order valence-electron chi connectivity index (χ4n) is 4.19. The molecule has 1 aliphatic carbocycles. The highest BCUT2D eigenvalue weighted by atomic mass is 35.5. The molecule has 1 N–H and O–H groups in total. The number of aryl methyl sites for hydroxylation is 1. The van der Waals surface area contributed by atoms with E-state index in [1.165, 1.54) is 6.42 Å². The van der Waals surface area contributed by atoms with E-state index in [4.69, 9.17) is 16.3 Å². The van der Waals surface area contributed by atoms with E-state index in [9.17, 15) is 9.59 Å². The third-order valence-corrected chi connectivity index (χ3v) is 6.37. The van der Waals surface area contributed by atoms with E-state index in [0.29, 0.717) is 23.7 Å². The second-order valence-electron chi connectivity index (χ2n) is 8.46. The Kier molecular flexibility index (Phi) is 8.98. The summed E-state index contributed by atoms with van der Waals surface area (Å²) >= 11 is 5.93. The quantitative estimate of drug-likeness (QED) is 0.558. The normalized spacial score (nSPS) is 15.1. The smallest absolute Gasteiger partial charge is 0.261 e. The zero-order valence-corrected chi connectivity index (χ0v) is 19.7. The standard InChI is InChI=1S/C26H33ClN2O3/c1-3-24(26(31)28-22-11-5-4-6-12-22)29(17-20-10-8-7-9-19(20)2)25(30)18-32-23-15-13-21(27)14-16-23/h7-10,13-16,22,24H,3-6,11-12,17-18H2,1-2H3,(H,28,31)/t24-/m1/s1. The van der Waals surface area contributed by atoms with Crippen molar-refractivity contribution >= 4 is 23.4 Å². The molecule has 5 nitrogen and oxygen atoms in total. The van der Waals surface area contributed by atoms with Crippen LogP contribution in [0, 0.1) is 6.92 Å². The third kappa shape index (κ3) is 6.73. The van der Waals surface area contributed by atoms with Crippen LogP contribution in [0.2, 0.25) is 5.02 Å². The molecule has 1 atom stereocenters. The summed E-state index contributed by atoms with van der Waals surface area (Å²) in [5.41, 5.74) is 2.11. The van der Waals surface area contributed by atoms with Gasteiger partial charge in [-0.05, 0) is 61.6 Å². The Morgan fingerprint density at radius 2 is 1.78 bits per heavy atom. The second kappa shape index (κ2) is 11.9. The van der Waals surface area contributed by atoms with E-state index in [2.05, 4.69) is 5.32 Å². The summed E-state index contributed by atoms with van der Waals surface area (Å²) in [6, 6.07) is 14.5. The summed E-state index contributed by atoms with van der Waals surface area (Å²) < 4.78 is 5.71. The van der Waals surface area contributed by atoms with Gasteiger partial charge in [-0.1, -0.05) is 62.1 Å². The van der Waals surface area contributed by atoms with Crippen LogP contribution in [0.25, 0.3) is 0 Å². The lowest BCUT2D eigenvalue weighted by molar-refractivity contribution is -0.143. The van der Waals surface area contributed by atoms with E-state index in [1.54, 1.807) is 29.2 Å². The number of benzene rings is 2. The Hall–Kier alpha value is -2.53. The molecule has 2 amide bonds. The first-order chi connectivity index (χ1) is 15.5. The molecule has 32 heavy (non-hydrogen) atoms. The van der Waals surface area contributed by atoms with E-state index in [-0.39, 0.29) is 24.5 Å². The average Bonchev–Trinajstić information content (AvgIpc) is 2.80. The number of nitrogens with one attached hydrogen (secondary N) is 1. The molecule has 0 unspecified atom stereocenters. The molecule has 1 fully saturated rings. The molecule has 0 spiro atoms. The largest absolute Gasteiger partial charge is 0.484 e. The number of ether oxygens (including phenoxy) is 1. The van der Waals surface area contributed by atoms with Gasteiger partial charge in [0.25, 0.3) is 5.91 Å². The van der Waals surface area contributed by atoms with Crippen molar-refractivity contribution in [2.24, 2.45) is 0 Å². The minimum absolute atomic E-state index is 0.0761. The molecule has 0 aliphatic heterocycles. The lowest BCUT2D eigenvalue weighted by atomic mass is 9.95. The zero-order chi connectivity index (χ0) is 22.9. The van der Waals surface area contributed by atoms with Gasteiger partial charge in [0.05, 0.1) is 0 Å². The van der Waals surface area contributed by atoms with Crippen molar-refractivity contribution in [2.75, 3.05) is 6.61 Å². The molecular weight excluding hydrogens is 424 g/mol. The predicted octanol–water partition coefficient (Wildman–Crippen LogP) is 5.28. The van der Waals surface area contributed by atoms with Gasteiger partial charge in [-0.15, -0.1) is 0 Å². The van der Waals surface area contributed by atoms with E-state index < -0.39 is 6.04 Å². The number of amides is 2. The van der Waals surface area contributed by atoms with Crippen molar-refractivity contribution in [1.82, 2.24) is 10.2 Å². The summed E-state index contributed by atoms with van der Waals surface area (Å²) in [6.45, 7) is 4.20. The maximum atomic E-state index is 13.3. The Balaban J connectivity index is 1.75. The van der Waals surface area contributed by atoms with Gasteiger partial charge in [0.1, 0.15) is 11.8 Å². The van der Waals surface area contributed by atoms with Crippen LogP contribution in [0.3, 0.4) is 0 Å². The lowest BCUT2D eigenvalue weighted by Crippen LogP contribution is -2.52. The first-order valence-corrected chi connectivity index (χ1v) is 11.9. The van der Waals surface area contributed by atoms with Gasteiger partial charge in [-0.3, -0.25) is 9.59 Å². The van der Waals surface area contributed by atoms with Crippen molar-refractivity contribution < 1.29 is 14.3 Å². The van der Waals surface area contributed by atoms with Gasteiger partial charge >= 0.3 is 0 Å². The first kappa shape index (κ1) is 24.1. The number of carbonyl (C=O) groups is 2. The van der Waals surface area contributed by atoms with E-state index >= 15 is 0 Å². The maximum Gasteiger partial charge on any atom is 0.261 e. The van der Waals surface area contributed by atoms with E-state index in [0.717, 1.165) is 36.8 Å². The highest BCUT2D eigenvalue weighted by Gasteiger charge is 2.30. The van der Waals surface area contributed by atoms with Crippen LogP contribution in [0.4, 0.5) is 0 Å². The van der Waals surface area contributed by atoms with Gasteiger partial charge in [0, 0.05) is 17.6 Å². The number of rotatable bonds is 9. The summed E-state index contributed by atoms with van der Waals surface area (Å²) in [5, 5.41) is 3.80. The summed E-state index contributed by atoms with van der Waals surface area (Å²) in [6.07, 6.45) is 6.06. The van der Waals surface area contributed by atoms with Crippen LogP contribution in [0.1, 0.15) is 56.6 Å². The number of hydrogen-bond donors (Lipinski definition) is 1. The van der Waals surface area contributed by atoms with Gasteiger partial charge in [-0.2, -0.15) is 0 Å². The van der Waals surface area contributed by atoms with Gasteiger partial charge in [0.2, 0.25) is 5.91 Å². The molecule has 0 heterocycles. The molecule has 3 rings (SSSR count). The van der Waals surface area contributed by atoms with Crippen LogP contribution in [-0.2, 0) is 16.1 Å². The molecule has 1 aliphatic rings. The van der Waals surface area contributed by atoms with Crippen molar-refractivity contribution in [3.05, 3.63) is 64.7 Å². The Morgan fingerprint density at radius 3 is 2.44 bits per heavy atom.